The molecule has 1 fully saturated rings. The van der Waals surface area contributed by atoms with Crippen molar-refractivity contribution in [2.45, 2.75) is 32.3 Å². The summed E-state index contributed by atoms with van der Waals surface area (Å²) in [5.74, 6) is 0.442. The van der Waals surface area contributed by atoms with Gasteiger partial charge in [0.15, 0.2) is 0 Å². The summed E-state index contributed by atoms with van der Waals surface area (Å²) in [4.78, 5) is 2.25. The molecule has 0 aliphatic carbocycles. The van der Waals surface area contributed by atoms with Gasteiger partial charge < -0.3 is 10.0 Å². The van der Waals surface area contributed by atoms with Crippen LogP contribution in [0.15, 0.2) is 24.3 Å². The lowest BCUT2D eigenvalue weighted by atomic mass is 10.0. The second-order valence-corrected chi connectivity index (χ2v) is 5.24. The minimum absolute atomic E-state index is 0.311. The SMILES string of the molecule is CCCC1CCN(CC(O)c2ccccc2F)C1. The summed E-state index contributed by atoms with van der Waals surface area (Å²) in [7, 11) is 0. The van der Waals surface area contributed by atoms with E-state index >= 15 is 0 Å². The van der Waals surface area contributed by atoms with Crippen molar-refractivity contribution in [3.63, 3.8) is 0 Å². The van der Waals surface area contributed by atoms with Gasteiger partial charge in [-0.15, -0.1) is 0 Å². The molecule has 0 aromatic heterocycles. The fourth-order valence-electron chi connectivity index (χ4n) is 2.81. The summed E-state index contributed by atoms with van der Waals surface area (Å²) >= 11 is 0. The molecule has 2 atom stereocenters. The van der Waals surface area contributed by atoms with Gasteiger partial charge in [0.25, 0.3) is 0 Å². The molecule has 2 rings (SSSR count). The van der Waals surface area contributed by atoms with Crippen LogP contribution in [0.5, 0.6) is 0 Å². The maximum Gasteiger partial charge on any atom is 0.129 e. The minimum atomic E-state index is -0.716. The Hall–Kier alpha value is -0.930. The predicted molar refractivity (Wildman–Crippen MR) is 70.8 cm³/mol. The Morgan fingerprint density at radius 3 is 2.94 bits per heavy atom. The number of likely N-dealkylation sites (tertiary alicyclic amines) is 1. The van der Waals surface area contributed by atoms with E-state index in [-0.39, 0.29) is 5.82 Å². The number of β-amino-alcohol motifs (C(OH)–C–C–N with tert-alkyl or cyclic N) is 1. The molecule has 1 heterocycles. The highest BCUT2D eigenvalue weighted by atomic mass is 19.1. The number of aliphatic hydroxyl groups excluding tert-OH is 1. The highest BCUT2D eigenvalue weighted by molar-refractivity contribution is 5.20. The summed E-state index contributed by atoms with van der Waals surface area (Å²) in [5.41, 5.74) is 0.413. The molecule has 1 N–H and O–H groups in total. The van der Waals surface area contributed by atoms with Gasteiger partial charge in [0.2, 0.25) is 0 Å². The zero-order valence-electron chi connectivity index (χ0n) is 11.0. The molecule has 0 bridgehead atoms. The van der Waals surface area contributed by atoms with E-state index < -0.39 is 6.10 Å². The van der Waals surface area contributed by atoms with Crippen molar-refractivity contribution in [2.75, 3.05) is 19.6 Å². The molecular formula is C15H22FNO. The van der Waals surface area contributed by atoms with E-state index in [9.17, 15) is 9.50 Å². The number of halogens is 1. The molecule has 2 nitrogen and oxygen atoms in total. The van der Waals surface area contributed by atoms with Crippen LogP contribution < -0.4 is 0 Å². The quantitative estimate of drug-likeness (QED) is 0.869. The average Bonchev–Trinajstić information content (AvgIpc) is 2.77. The highest BCUT2D eigenvalue weighted by Crippen LogP contribution is 2.24. The Bertz CT molecular complexity index is 383. The lowest BCUT2D eigenvalue weighted by Gasteiger charge is -2.20. The van der Waals surface area contributed by atoms with Crippen molar-refractivity contribution in [1.82, 2.24) is 4.90 Å². The molecule has 1 aromatic rings. The van der Waals surface area contributed by atoms with Gasteiger partial charge in [-0.2, -0.15) is 0 Å². The fraction of sp³-hybridized carbons (Fsp3) is 0.600. The monoisotopic (exact) mass is 251 g/mol. The van der Waals surface area contributed by atoms with Crippen LogP contribution in [-0.2, 0) is 0 Å². The first-order valence-electron chi connectivity index (χ1n) is 6.85. The summed E-state index contributed by atoms with van der Waals surface area (Å²) in [6.07, 6.45) is 2.96. The molecule has 0 saturated carbocycles. The third kappa shape index (κ3) is 3.30. The van der Waals surface area contributed by atoms with E-state index in [1.54, 1.807) is 18.2 Å². The van der Waals surface area contributed by atoms with Crippen molar-refractivity contribution in [1.29, 1.82) is 0 Å². The number of aliphatic hydroxyl groups is 1. The zero-order valence-corrected chi connectivity index (χ0v) is 11.0. The first-order valence-corrected chi connectivity index (χ1v) is 6.85. The molecule has 0 amide bonds. The van der Waals surface area contributed by atoms with Gasteiger partial charge >= 0.3 is 0 Å². The predicted octanol–water partition coefficient (Wildman–Crippen LogP) is 2.98. The Balaban J connectivity index is 1.89. The Morgan fingerprint density at radius 2 is 2.22 bits per heavy atom. The minimum Gasteiger partial charge on any atom is -0.387 e. The van der Waals surface area contributed by atoms with Gasteiger partial charge in [-0.05, 0) is 31.4 Å². The topological polar surface area (TPSA) is 23.5 Å². The molecule has 1 saturated heterocycles. The van der Waals surface area contributed by atoms with Crippen molar-refractivity contribution in [3.8, 4) is 0 Å². The fourth-order valence-corrected chi connectivity index (χ4v) is 2.81. The molecule has 3 heteroatoms. The molecular weight excluding hydrogens is 229 g/mol. The number of hydrogen-bond acceptors (Lipinski definition) is 2. The van der Waals surface area contributed by atoms with Gasteiger partial charge in [0.05, 0.1) is 6.10 Å². The van der Waals surface area contributed by atoms with Gasteiger partial charge in [-0.1, -0.05) is 31.5 Å². The normalized spacial score (nSPS) is 22.3. The van der Waals surface area contributed by atoms with Crippen LogP contribution in [0.25, 0.3) is 0 Å². The molecule has 1 aliphatic rings. The number of hydrogen-bond donors (Lipinski definition) is 1. The lowest BCUT2D eigenvalue weighted by Crippen LogP contribution is -2.27. The van der Waals surface area contributed by atoms with Crippen LogP contribution in [0.1, 0.15) is 37.9 Å². The molecule has 2 unspecified atom stereocenters. The Kier molecular flexibility index (Phi) is 4.72. The van der Waals surface area contributed by atoms with E-state index in [0.717, 1.165) is 19.0 Å². The first-order chi connectivity index (χ1) is 8.70. The van der Waals surface area contributed by atoms with Crippen LogP contribution in [0.3, 0.4) is 0 Å². The van der Waals surface area contributed by atoms with Crippen LogP contribution in [0, 0.1) is 11.7 Å². The zero-order chi connectivity index (χ0) is 13.0. The summed E-state index contributed by atoms with van der Waals surface area (Å²) in [6, 6.07) is 6.49. The third-order valence-electron chi connectivity index (χ3n) is 3.76. The van der Waals surface area contributed by atoms with Gasteiger partial charge in [-0.3, -0.25) is 0 Å². The highest BCUT2D eigenvalue weighted by Gasteiger charge is 2.24. The van der Waals surface area contributed by atoms with E-state index in [2.05, 4.69) is 11.8 Å². The molecule has 0 radical (unpaired) electrons. The smallest absolute Gasteiger partial charge is 0.129 e. The van der Waals surface area contributed by atoms with E-state index in [1.165, 1.54) is 25.3 Å². The van der Waals surface area contributed by atoms with Crippen molar-refractivity contribution in [2.24, 2.45) is 5.92 Å². The van der Waals surface area contributed by atoms with Crippen LogP contribution in [0.2, 0.25) is 0 Å². The van der Waals surface area contributed by atoms with Crippen LogP contribution in [0.4, 0.5) is 4.39 Å². The maximum atomic E-state index is 13.5. The van der Waals surface area contributed by atoms with E-state index in [4.69, 9.17) is 0 Å². The second-order valence-electron chi connectivity index (χ2n) is 5.24. The van der Waals surface area contributed by atoms with Gasteiger partial charge in [0.1, 0.15) is 5.82 Å². The summed E-state index contributed by atoms with van der Waals surface area (Å²) in [6.45, 7) is 4.81. The summed E-state index contributed by atoms with van der Waals surface area (Å²) in [5, 5.41) is 10.1. The second kappa shape index (κ2) is 6.30. The standard InChI is InChI=1S/C15H22FNO/c1-2-5-12-8-9-17(10-12)11-15(18)13-6-3-4-7-14(13)16/h3-4,6-7,12,15,18H,2,5,8-11H2,1H3. The largest absolute Gasteiger partial charge is 0.387 e. The average molecular weight is 251 g/mol. The molecule has 0 spiro atoms. The van der Waals surface area contributed by atoms with Crippen LogP contribution in [-0.4, -0.2) is 29.6 Å². The molecule has 1 aliphatic heterocycles. The number of benzene rings is 1. The molecule has 100 valence electrons. The van der Waals surface area contributed by atoms with Crippen molar-refractivity contribution < 1.29 is 9.50 Å². The van der Waals surface area contributed by atoms with E-state index in [0.29, 0.717) is 12.1 Å². The number of rotatable bonds is 5. The first kappa shape index (κ1) is 13.5. The third-order valence-corrected chi connectivity index (χ3v) is 3.76. The van der Waals surface area contributed by atoms with Gasteiger partial charge in [0, 0.05) is 18.7 Å². The lowest BCUT2D eigenvalue weighted by molar-refractivity contribution is 0.120. The van der Waals surface area contributed by atoms with Gasteiger partial charge in [-0.25, -0.2) is 4.39 Å². The summed E-state index contributed by atoms with van der Waals surface area (Å²) < 4.78 is 13.5. The maximum absolute atomic E-state index is 13.5. The Morgan fingerprint density at radius 1 is 1.44 bits per heavy atom. The van der Waals surface area contributed by atoms with Crippen LogP contribution >= 0.6 is 0 Å². The number of nitrogens with zero attached hydrogens (tertiary/aromatic N) is 1. The van der Waals surface area contributed by atoms with E-state index in [1.807, 2.05) is 0 Å². The van der Waals surface area contributed by atoms with Crippen molar-refractivity contribution >= 4 is 0 Å². The Labute approximate surface area is 108 Å². The molecule has 1 aromatic carbocycles. The van der Waals surface area contributed by atoms with Crippen molar-refractivity contribution in [3.05, 3.63) is 35.6 Å². The molecule has 18 heavy (non-hydrogen) atoms.